The van der Waals surface area contributed by atoms with E-state index in [0.29, 0.717) is 35.6 Å². The number of primary amides is 1. The van der Waals surface area contributed by atoms with Gasteiger partial charge in [0.25, 0.3) is 0 Å². The Morgan fingerprint density at radius 2 is 1.56 bits per heavy atom. The molecule has 0 fully saturated rings. The van der Waals surface area contributed by atoms with Crippen LogP contribution in [0.1, 0.15) is 87.5 Å². The Balaban J connectivity index is 0.00000119. The quantitative estimate of drug-likeness (QED) is 0.161. The topological polar surface area (TPSA) is 97.1 Å². The summed E-state index contributed by atoms with van der Waals surface area (Å²) in [4.78, 5) is 26.8. The SMILES string of the molecule is CCC(N)=O.CCCNC[C@H](CCC)CCc1c(F)cncc1NC(=O)C[C@@H](c1ccc(C)cc1)c1cc(F)cc(F)c1. The molecule has 0 aliphatic carbocycles. The van der Waals surface area contributed by atoms with Crippen LogP contribution in [-0.2, 0) is 16.0 Å². The molecule has 0 aliphatic heterocycles. The zero-order valence-corrected chi connectivity index (χ0v) is 25.7. The smallest absolute Gasteiger partial charge is 0.225 e. The zero-order valence-electron chi connectivity index (χ0n) is 25.7. The van der Waals surface area contributed by atoms with E-state index < -0.39 is 23.4 Å². The van der Waals surface area contributed by atoms with Crippen LogP contribution in [0.5, 0.6) is 0 Å². The number of nitrogens with two attached hydrogens (primary N) is 1. The molecule has 2 atom stereocenters. The third kappa shape index (κ3) is 12.6. The van der Waals surface area contributed by atoms with E-state index in [9.17, 15) is 22.8 Å². The minimum Gasteiger partial charge on any atom is -0.370 e. The highest BCUT2D eigenvalue weighted by molar-refractivity contribution is 5.92. The number of anilines is 1. The van der Waals surface area contributed by atoms with Gasteiger partial charge in [-0.05, 0) is 74.9 Å². The van der Waals surface area contributed by atoms with Crippen molar-refractivity contribution in [2.45, 2.75) is 78.6 Å². The van der Waals surface area contributed by atoms with Crippen LogP contribution in [0.3, 0.4) is 0 Å². The van der Waals surface area contributed by atoms with Gasteiger partial charge in [-0.2, -0.15) is 0 Å². The fraction of sp³-hybridized carbons (Fsp3) is 0.441. The monoisotopic (exact) mass is 598 g/mol. The molecule has 6 nitrogen and oxygen atoms in total. The van der Waals surface area contributed by atoms with Crippen molar-refractivity contribution in [2.24, 2.45) is 11.7 Å². The van der Waals surface area contributed by atoms with E-state index in [-0.39, 0.29) is 18.2 Å². The van der Waals surface area contributed by atoms with Crippen molar-refractivity contribution in [3.63, 3.8) is 0 Å². The molecule has 0 bridgehead atoms. The lowest BCUT2D eigenvalue weighted by atomic mass is 9.87. The third-order valence-electron chi connectivity index (χ3n) is 7.14. The molecule has 2 aromatic carbocycles. The molecule has 0 radical (unpaired) electrons. The Kier molecular flexibility index (Phi) is 15.5. The van der Waals surface area contributed by atoms with Gasteiger partial charge in [0.1, 0.15) is 17.5 Å². The van der Waals surface area contributed by atoms with Gasteiger partial charge in [0, 0.05) is 30.4 Å². The first-order valence-electron chi connectivity index (χ1n) is 15.0. The number of nitrogens with one attached hydrogen (secondary N) is 2. The maximum atomic E-state index is 14.8. The number of pyridine rings is 1. The van der Waals surface area contributed by atoms with E-state index in [1.54, 1.807) is 6.92 Å². The summed E-state index contributed by atoms with van der Waals surface area (Å²) in [6, 6.07) is 10.8. The number of carbonyl (C=O) groups is 2. The second-order valence-corrected chi connectivity index (χ2v) is 10.8. The molecule has 9 heteroatoms. The molecule has 2 amide bonds. The molecular weight excluding hydrogens is 553 g/mol. The molecule has 3 aromatic rings. The zero-order chi connectivity index (χ0) is 31.8. The molecular formula is C34H45F3N4O2. The highest BCUT2D eigenvalue weighted by Gasteiger charge is 2.22. The molecule has 1 aromatic heterocycles. The van der Waals surface area contributed by atoms with Crippen LogP contribution in [-0.4, -0.2) is 29.9 Å². The standard InChI is InChI=1S/C31H38F3N3O.C3H7NO/c1-4-6-22(18-35-13-5-2)9-12-27-29(34)19-36-20-30(27)37-31(38)17-28(23-10-7-21(3)8-11-23)24-14-25(32)16-26(33)15-24;1-2-3(4)5/h7-8,10-11,14-16,19-20,22,28,35H,4-6,9,12-13,17-18H2,1-3H3,(H,37,38);2H2,1H3,(H2,4,5)/t22-,28+;/m1./s1. The van der Waals surface area contributed by atoms with Crippen LogP contribution >= 0.6 is 0 Å². The largest absolute Gasteiger partial charge is 0.370 e. The van der Waals surface area contributed by atoms with Crippen molar-refractivity contribution < 1.29 is 22.8 Å². The fourth-order valence-corrected chi connectivity index (χ4v) is 4.80. The van der Waals surface area contributed by atoms with Gasteiger partial charge in [0.15, 0.2) is 0 Å². The molecule has 0 aliphatic rings. The van der Waals surface area contributed by atoms with Crippen molar-refractivity contribution >= 4 is 17.5 Å². The Bertz CT molecular complexity index is 1280. The van der Waals surface area contributed by atoms with E-state index in [2.05, 4.69) is 35.2 Å². The van der Waals surface area contributed by atoms with Gasteiger partial charge in [-0.15, -0.1) is 0 Å². The van der Waals surface area contributed by atoms with Gasteiger partial charge in [-0.25, -0.2) is 13.2 Å². The summed E-state index contributed by atoms with van der Waals surface area (Å²) in [6.45, 7) is 9.75. The molecule has 0 saturated carbocycles. The highest BCUT2D eigenvalue weighted by Crippen LogP contribution is 2.31. The summed E-state index contributed by atoms with van der Waals surface area (Å²) in [7, 11) is 0. The molecule has 3 rings (SSSR count). The first-order chi connectivity index (χ1) is 20.6. The minimum absolute atomic E-state index is 0.0681. The number of halogens is 3. The van der Waals surface area contributed by atoms with Gasteiger partial charge in [-0.3, -0.25) is 14.6 Å². The first-order valence-corrected chi connectivity index (χ1v) is 15.0. The predicted molar refractivity (Wildman–Crippen MR) is 166 cm³/mol. The number of carbonyl (C=O) groups excluding carboxylic acids is 2. The summed E-state index contributed by atoms with van der Waals surface area (Å²) in [5.41, 5.74) is 7.56. The number of aryl methyl sites for hydroxylation is 1. The van der Waals surface area contributed by atoms with Gasteiger partial charge in [-0.1, -0.05) is 57.0 Å². The maximum Gasteiger partial charge on any atom is 0.225 e. The second-order valence-electron chi connectivity index (χ2n) is 10.8. The number of aromatic nitrogens is 1. The highest BCUT2D eigenvalue weighted by atomic mass is 19.1. The molecule has 43 heavy (non-hydrogen) atoms. The normalized spacial score (nSPS) is 12.2. The molecule has 4 N–H and O–H groups in total. The maximum absolute atomic E-state index is 14.8. The van der Waals surface area contributed by atoms with Gasteiger partial charge >= 0.3 is 0 Å². The number of rotatable bonds is 15. The lowest BCUT2D eigenvalue weighted by Gasteiger charge is -2.20. The van der Waals surface area contributed by atoms with Crippen molar-refractivity contribution in [2.75, 3.05) is 18.4 Å². The molecule has 0 spiro atoms. The summed E-state index contributed by atoms with van der Waals surface area (Å²) in [5.74, 6) is -2.68. The Morgan fingerprint density at radius 3 is 2.14 bits per heavy atom. The summed E-state index contributed by atoms with van der Waals surface area (Å²) in [6.07, 6.45) is 7.39. The molecule has 1 heterocycles. The van der Waals surface area contributed by atoms with Gasteiger partial charge < -0.3 is 16.4 Å². The lowest BCUT2D eigenvalue weighted by molar-refractivity contribution is -0.118. The Labute approximate surface area is 253 Å². The van der Waals surface area contributed by atoms with E-state index in [1.807, 2.05) is 31.2 Å². The molecule has 0 unspecified atom stereocenters. The van der Waals surface area contributed by atoms with E-state index in [1.165, 1.54) is 24.5 Å². The average molecular weight is 599 g/mol. The van der Waals surface area contributed by atoms with E-state index in [4.69, 9.17) is 0 Å². The van der Waals surface area contributed by atoms with Crippen molar-refractivity contribution in [3.05, 3.63) is 94.6 Å². The van der Waals surface area contributed by atoms with Crippen LogP contribution in [0.2, 0.25) is 0 Å². The second kappa shape index (κ2) is 18.7. The summed E-state index contributed by atoms with van der Waals surface area (Å²) < 4.78 is 43.0. The summed E-state index contributed by atoms with van der Waals surface area (Å²) in [5, 5.41) is 6.28. The fourth-order valence-electron chi connectivity index (χ4n) is 4.80. The van der Waals surface area contributed by atoms with Crippen molar-refractivity contribution in [3.8, 4) is 0 Å². The van der Waals surface area contributed by atoms with Crippen LogP contribution in [0, 0.1) is 30.3 Å². The van der Waals surface area contributed by atoms with Crippen molar-refractivity contribution in [1.29, 1.82) is 0 Å². The van der Waals surface area contributed by atoms with E-state index in [0.717, 1.165) is 56.0 Å². The van der Waals surface area contributed by atoms with Crippen LogP contribution in [0.15, 0.2) is 54.9 Å². The summed E-state index contributed by atoms with van der Waals surface area (Å²) >= 11 is 0. The average Bonchev–Trinajstić information content (AvgIpc) is 2.96. The van der Waals surface area contributed by atoms with Crippen LogP contribution in [0.25, 0.3) is 0 Å². The Hall–Kier alpha value is -3.72. The Morgan fingerprint density at radius 1 is 0.907 bits per heavy atom. The number of hydrogen-bond acceptors (Lipinski definition) is 4. The predicted octanol–water partition coefficient (Wildman–Crippen LogP) is 7.20. The first kappa shape index (κ1) is 35.5. The van der Waals surface area contributed by atoms with Gasteiger partial charge in [0.05, 0.1) is 18.1 Å². The van der Waals surface area contributed by atoms with Crippen LogP contribution in [0.4, 0.5) is 18.9 Å². The number of benzene rings is 2. The lowest BCUT2D eigenvalue weighted by Crippen LogP contribution is -2.24. The van der Waals surface area contributed by atoms with Gasteiger partial charge in [0.2, 0.25) is 11.8 Å². The molecule has 234 valence electrons. The van der Waals surface area contributed by atoms with Crippen LogP contribution < -0.4 is 16.4 Å². The van der Waals surface area contributed by atoms with Crippen molar-refractivity contribution in [1.82, 2.24) is 10.3 Å². The number of nitrogens with zero attached hydrogens (tertiary/aromatic N) is 1. The third-order valence-corrected chi connectivity index (χ3v) is 7.14. The van der Waals surface area contributed by atoms with E-state index >= 15 is 0 Å². The minimum atomic E-state index is -0.704. The number of amides is 2. The molecule has 0 saturated heterocycles. The number of hydrogen-bond donors (Lipinski definition) is 3.